The van der Waals surface area contributed by atoms with Crippen molar-refractivity contribution in [2.24, 2.45) is 0 Å². The maximum atomic E-state index is 12.6. The fraction of sp³-hybridized carbons (Fsp3) is 0.745. The Balaban J connectivity index is 4.07. The molecule has 0 amide bonds. The molecule has 0 fully saturated rings. The maximum absolute atomic E-state index is 12.6. The van der Waals surface area contributed by atoms with Crippen LogP contribution in [0.25, 0.3) is 0 Å². The molecule has 60 heavy (non-hydrogen) atoms. The van der Waals surface area contributed by atoms with Gasteiger partial charge in [-0.2, -0.15) is 0 Å². The third-order valence-corrected chi connectivity index (χ3v) is 10.7. The summed E-state index contributed by atoms with van der Waals surface area (Å²) in [6.07, 6.45) is 65.1. The Morgan fingerprint density at radius 1 is 0.383 bits per heavy atom. The Morgan fingerprint density at radius 2 is 0.750 bits per heavy atom. The van der Waals surface area contributed by atoms with Crippen LogP contribution in [0.4, 0.5) is 0 Å². The average Bonchev–Trinajstić information content (AvgIpc) is 3.25. The fourth-order valence-corrected chi connectivity index (χ4v) is 6.94. The van der Waals surface area contributed by atoms with Crippen LogP contribution in [0.2, 0.25) is 0 Å². The molecule has 5 nitrogen and oxygen atoms in total. The first-order chi connectivity index (χ1) is 29.6. The minimum Gasteiger partial charge on any atom is -0.462 e. The molecule has 0 heterocycles. The van der Waals surface area contributed by atoms with Crippen LogP contribution < -0.4 is 0 Å². The van der Waals surface area contributed by atoms with Crippen LogP contribution in [0.3, 0.4) is 0 Å². The fourth-order valence-electron chi connectivity index (χ4n) is 6.94. The zero-order valence-electron chi connectivity index (χ0n) is 39.7. The lowest BCUT2D eigenvalue weighted by molar-refractivity contribution is -0.163. The molecule has 0 aromatic heterocycles. The van der Waals surface area contributed by atoms with E-state index in [2.05, 4.69) is 93.7 Å². The second kappa shape index (κ2) is 50.7. The summed E-state index contributed by atoms with van der Waals surface area (Å²) in [6.45, 7) is 7.59. The van der Waals surface area contributed by atoms with Crippen LogP contribution in [0.1, 0.15) is 239 Å². The number of hydrogen-bond acceptors (Lipinski definition) is 5. The van der Waals surface area contributed by atoms with E-state index in [0.717, 1.165) is 83.5 Å². The molecular weight excluding hydrogens is 741 g/mol. The van der Waals surface area contributed by atoms with E-state index in [1.54, 1.807) is 0 Å². The van der Waals surface area contributed by atoms with E-state index < -0.39 is 6.10 Å². The van der Waals surface area contributed by atoms with Crippen molar-refractivity contribution in [3.05, 3.63) is 72.9 Å². The Labute approximate surface area is 372 Å². The molecule has 0 N–H and O–H groups in total. The number of hydrogen-bond donors (Lipinski definition) is 0. The van der Waals surface area contributed by atoms with Crippen molar-refractivity contribution in [1.29, 1.82) is 0 Å². The van der Waals surface area contributed by atoms with Gasteiger partial charge in [0.1, 0.15) is 6.61 Å². The molecule has 0 spiro atoms. The topological polar surface area (TPSA) is 61.8 Å². The normalized spacial score (nSPS) is 12.8. The molecule has 5 heteroatoms. The second-order valence-corrected chi connectivity index (χ2v) is 16.7. The number of esters is 2. The third-order valence-electron chi connectivity index (χ3n) is 10.7. The highest BCUT2D eigenvalue weighted by Crippen LogP contribution is 2.14. The number of unbranched alkanes of at least 4 members (excludes halogenated alkanes) is 23. The van der Waals surface area contributed by atoms with Gasteiger partial charge >= 0.3 is 11.9 Å². The number of allylic oxidation sites excluding steroid dienone is 12. The summed E-state index contributed by atoms with van der Waals surface area (Å²) < 4.78 is 17.2. The van der Waals surface area contributed by atoms with E-state index in [1.807, 2.05) is 0 Å². The Morgan fingerprint density at radius 3 is 1.22 bits per heavy atom. The molecular formula is C55H96O5. The number of ether oxygens (including phenoxy) is 3. The van der Waals surface area contributed by atoms with Crippen molar-refractivity contribution in [2.75, 3.05) is 19.8 Å². The van der Waals surface area contributed by atoms with Crippen LogP contribution in [0.5, 0.6) is 0 Å². The molecule has 0 saturated heterocycles. The first-order valence-corrected chi connectivity index (χ1v) is 25.5. The highest BCUT2D eigenvalue weighted by atomic mass is 16.6. The smallest absolute Gasteiger partial charge is 0.306 e. The zero-order valence-corrected chi connectivity index (χ0v) is 39.7. The van der Waals surface area contributed by atoms with Gasteiger partial charge in [0.2, 0.25) is 0 Å². The molecule has 0 aliphatic carbocycles. The summed E-state index contributed by atoms with van der Waals surface area (Å²) >= 11 is 0. The molecule has 0 aliphatic heterocycles. The van der Waals surface area contributed by atoms with Gasteiger partial charge in [-0.15, -0.1) is 0 Å². The Bertz CT molecular complexity index is 1080. The Kier molecular flexibility index (Phi) is 48.4. The van der Waals surface area contributed by atoms with Crippen molar-refractivity contribution in [2.45, 2.75) is 245 Å². The van der Waals surface area contributed by atoms with Crippen LogP contribution >= 0.6 is 0 Å². The molecule has 1 unspecified atom stereocenters. The molecule has 0 aromatic carbocycles. The minimum atomic E-state index is -0.548. The lowest BCUT2D eigenvalue weighted by Crippen LogP contribution is -2.30. The van der Waals surface area contributed by atoms with Crippen molar-refractivity contribution in [3.63, 3.8) is 0 Å². The standard InChI is InChI=1S/C55H96O5/c1-4-7-10-13-15-17-19-21-23-25-27-29-31-33-35-37-39-41-44-47-50-58-51-53(60-55(57)49-46-42-12-9-6-3)52-59-54(56)48-45-43-40-38-36-34-32-30-28-26-24-22-20-18-16-14-11-8-5-2/h7,10,15,17,21-24,27,29,33,35,53H,4-6,8-9,11-14,16,18-20,25-26,28,30-32,34,36-52H2,1-3H3/b10-7-,17-15-,23-21-,24-22-,29-27-,35-33-. The van der Waals surface area contributed by atoms with Gasteiger partial charge in [-0.05, 0) is 89.9 Å². The summed E-state index contributed by atoms with van der Waals surface area (Å²) in [5.74, 6) is -0.425. The zero-order chi connectivity index (χ0) is 43.5. The van der Waals surface area contributed by atoms with Gasteiger partial charge in [0.05, 0.1) is 6.61 Å². The van der Waals surface area contributed by atoms with Crippen molar-refractivity contribution >= 4 is 11.9 Å². The van der Waals surface area contributed by atoms with Gasteiger partial charge in [0, 0.05) is 19.4 Å². The summed E-state index contributed by atoms with van der Waals surface area (Å²) in [5.41, 5.74) is 0. The number of rotatable bonds is 46. The predicted octanol–water partition coefficient (Wildman–Crippen LogP) is 17.1. The number of carbonyl (C=O) groups is 2. The molecule has 0 aliphatic rings. The molecule has 0 radical (unpaired) electrons. The molecule has 0 rings (SSSR count). The van der Waals surface area contributed by atoms with E-state index in [4.69, 9.17) is 14.2 Å². The third kappa shape index (κ3) is 48.0. The van der Waals surface area contributed by atoms with Crippen LogP contribution in [-0.4, -0.2) is 37.9 Å². The van der Waals surface area contributed by atoms with Gasteiger partial charge in [-0.25, -0.2) is 0 Å². The van der Waals surface area contributed by atoms with Crippen molar-refractivity contribution < 1.29 is 23.8 Å². The molecule has 1 atom stereocenters. The van der Waals surface area contributed by atoms with Crippen LogP contribution in [-0.2, 0) is 23.8 Å². The Hall–Kier alpha value is -2.66. The van der Waals surface area contributed by atoms with Crippen LogP contribution in [0, 0.1) is 0 Å². The second-order valence-electron chi connectivity index (χ2n) is 16.7. The molecule has 0 saturated carbocycles. The average molecular weight is 837 g/mol. The highest BCUT2D eigenvalue weighted by Gasteiger charge is 2.17. The van der Waals surface area contributed by atoms with Crippen molar-refractivity contribution in [1.82, 2.24) is 0 Å². The summed E-state index contributed by atoms with van der Waals surface area (Å²) in [6, 6.07) is 0. The SMILES string of the molecule is CC/C=C\C/C=C\C/C=C\C/C=C\C/C=C\CCCCCCOCC(COC(=O)CCCCCCCCCCC/C=C\CCCCCCCC)OC(=O)CCCCCCC. The number of carbonyl (C=O) groups excluding carboxylic acids is 2. The van der Waals surface area contributed by atoms with Gasteiger partial charge in [-0.1, -0.05) is 209 Å². The molecule has 0 bridgehead atoms. The summed E-state index contributed by atoms with van der Waals surface area (Å²) in [4.78, 5) is 25.1. The van der Waals surface area contributed by atoms with E-state index in [-0.39, 0.29) is 25.2 Å². The predicted molar refractivity (Wildman–Crippen MR) is 260 cm³/mol. The summed E-state index contributed by atoms with van der Waals surface area (Å²) in [7, 11) is 0. The minimum absolute atomic E-state index is 0.0720. The van der Waals surface area contributed by atoms with Gasteiger partial charge in [-0.3, -0.25) is 9.59 Å². The van der Waals surface area contributed by atoms with E-state index in [9.17, 15) is 9.59 Å². The summed E-state index contributed by atoms with van der Waals surface area (Å²) in [5, 5.41) is 0. The van der Waals surface area contributed by atoms with Gasteiger partial charge in [0.15, 0.2) is 6.10 Å². The maximum Gasteiger partial charge on any atom is 0.306 e. The van der Waals surface area contributed by atoms with Gasteiger partial charge in [0.25, 0.3) is 0 Å². The highest BCUT2D eigenvalue weighted by molar-refractivity contribution is 5.70. The van der Waals surface area contributed by atoms with E-state index >= 15 is 0 Å². The first-order valence-electron chi connectivity index (χ1n) is 25.5. The van der Waals surface area contributed by atoms with Crippen molar-refractivity contribution in [3.8, 4) is 0 Å². The molecule has 0 aromatic rings. The lowest BCUT2D eigenvalue weighted by atomic mass is 10.1. The first kappa shape index (κ1) is 57.3. The largest absolute Gasteiger partial charge is 0.462 e. The monoisotopic (exact) mass is 837 g/mol. The quantitative estimate of drug-likeness (QED) is 0.0347. The van der Waals surface area contributed by atoms with E-state index in [0.29, 0.717) is 19.4 Å². The molecule has 346 valence electrons. The van der Waals surface area contributed by atoms with E-state index in [1.165, 1.54) is 122 Å². The van der Waals surface area contributed by atoms with Gasteiger partial charge < -0.3 is 14.2 Å². The lowest BCUT2D eigenvalue weighted by Gasteiger charge is -2.18. The van der Waals surface area contributed by atoms with Crippen LogP contribution in [0.15, 0.2) is 72.9 Å².